The van der Waals surface area contributed by atoms with Gasteiger partial charge in [0, 0.05) is 37.3 Å². The molecule has 5 aromatic rings. The van der Waals surface area contributed by atoms with E-state index in [1.54, 1.807) is 6.07 Å². The third-order valence-electron chi connectivity index (χ3n) is 12.3. The summed E-state index contributed by atoms with van der Waals surface area (Å²) < 4.78 is 33.7. The number of hydrogen-bond acceptors (Lipinski definition) is 7. The molecule has 3 aliphatic rings. The van der Waals surface area contributed by atoms with Gasteiger partial charge in [-0.25, -0.2) is 9.18 Å². The zero-order chi connectivity index (χ0) is 39.1. The monoisotopic (exact) mass is 768 g/mol. The van der Waals surface area contributed by atoms with Gasteiger partial charge in [-0.1, -0.05) is 104 Å². The minimum Gasteiger partial charge on any atom is -0.473 e. The topological polar surface area (TPSA) is 76.2 Å². The second-order valence-corrected chi connectivity index (χ2v) is 16.6. The Morgan fingerprint density at radius 2 is 1.33 bits per heavy atom. The summed E-state index contributed by atoms with van der Waals surface area (Å²) in [6.07, 6.45) is 6.11. The normalized spacial score (nSPS) is 17.8. The van der Waals surface area contributed by atoms with Gasteiger partial charge in [-0.3, -0.25) is 0 Å². The SMILES string of the molecule is CC1(CN2CCC3(CC2)CC(NC(=O)OCc2ccccc2)C3)CCN(c2ccc(-c3ccc(OCc4ccccc4)nc3OCc3ccccc3)cc2F)CC1. The second kappa shape index (κ2) is 17.4. The molecule has 57 heavy (non-hydrogen) atoms. The van der Waals surface area contributed by atoms with E-state index < -0.39 is 0 Å². The van der Waals surface area contributed by atoms with Crippen LogP contribution in [-0.4, -0.2) is 54.7 Å². The number of piperidine rings is 2. The van der Waals surface area contributed by atoms with E-state index in [-0.39, 0.29) is 23.4 Å². The van der Waals surface area contributed by atoms with E-state index in [0.717, 1.165) is 75.1 Å². The number of anilines is 1. The highest BCUT2D eigenvalue weighted by Crippen LogP contribution is 2.49. The van der Waals surface area contributed by atoms with Crippen molar-refractivity contribution in [2.75, 3.05) is 37.6 Å². The van der Waals surface area contributed by atoms with E-state index in [2.05, 4.69) is 22.0 Å². The molecule has 1 amide bonds. The third kappa shape index (κ3) is 9.77. The van der Waals surface area contributed by atoms with Crippen LogP contribution in [0.3, 0.4) is 0 Å². The maximum absolute atomic E-state index is 16.0. The number of aromatic nitrogens is 1. The Morgan fingerprint density at radius 1 is 0.737 bits per heavy atom. The molecule has 1 N–H and O–H groups in total. The summed E-state index contributed by atoms with van der Waals surface area (Å²) in [5.74, 6) is 0.613. The molecule has 0 radical (unpaired) electrons. The molecule has 8 rings (SSSR count). The lowest BCUT2D eigenvalue weighted by molar-refractivity contribution is -0.00791. The number of hydrogen-bond donors (Lipinski definition) is 1. The first kappa shape index (κ1) is 38.5. The minimum absolute atomic E-state index is 0.185. The number of alkyl carbamates (subject to hydrolysis) is 1. The molecule has 1 aliphatic carbocycles. The quantitative estimate of drug-likeness (QED) is 0.128. The third-order valence-corrected chi connectivity index (χ3v) is 12.3. The van der Waals surface area contributed by atoms with Crippen LogP contribution < -0.4 is 19.7 Å². The fraction of sp³-hybridized carbons (Fsp3) is 0.375. The first-order valence-corrected chi connectivity index (χ1v) is 20.4. The van der Waals surface area contributed by atoms with Crippen molar-refractivity contribution in [3.8, 4) is 22.9 Å². The molecule has 4 aromatic carbocycles. The molecule has 2 saturated heterocycles. The summed E-state index contributed by atoms with van der Waals surface area (Å²) in [4.78, 5) is 21.9. The Morgan fingerprint density at radius 3 is 1.95 bits per heavy atom. The average molecular weight is 769 g/mol. The van der Waals surface area contributed by atoms with Crippen molar-refractivity contribution in [2.45, 2.75) is 71.3 Å². The zero-order valence-electron chi connectivity index (χ0n) is 32.9. The highest BCUT2D eigenvalue weighted by atomic mass is 19.1. The molecule has 3 fully saturated rings. The van der Waals surface area contributed by atoms with Crippen molar-refractivity contribution < 1.29 is 23.4 Å². The molecule has 0 bridgehead atoms. The largest absolute Gasteiger partial charge is 0.473 e. The van der Waals surface area contributed by atoms with Crippen LogP contribution in [0.2, 0.25) is 0 Å². The summed E-state index contributed by atoms with van der Waals surface area (Å²) in [7, 11) is 0. The number of benzene rings is 4. The number of nitrogens with one attached hydrogen (secondary N) is 1. The Bertz CT molecular complexity index is 2080. The lowest BCUT2D eigenvalue weighted by Crippen LogP contribution is -2.56. The lowest BCUT2D eigenvalue weighted by Gasteiger charge is -2.53. The van der Waals surface area contributed by atoms with E-state index in [1.807, 2.05) is 115 Å². The summed E-state index contributed by atoms with van der Waals surface area (Å²) in [6, 6.07) is 39.1. The van der Waals surface area contributed by atoms with Crippen LogP contribution in [0.15, 0.2) is 121 Å². The van der Waals surface area contributed by atoms with Gasteiger partial charge in [0.1, 0.15) is 25.6 Å². The Hall–Kier alpha value is -5.41. The Kier molecular flexibility index (Phi) is 11.7. The van der Waals surface area contributed by atoms with Gasteiger partial charge in [-0.05, 0) is 103 Å². The molecule has 8 nitrogen and oxygen atoms in total. The predicted octanol–water partition coefficient (Wildman–Crippen LogP) is 9.82. The number of likely N-dealkylation sites (tertiary alicyclic amines) is 1. The highest BCUT2D eigenvalue weighted by Gasteiger charge is 2.47. The summed E-state index contributed by atoms with van der Waals surface area (Å²) in [5, 5.41) is 3.08. The van der Waals surface area contributed by atoms with E-state index in [1.165, 1.54) is 12.8 Å². The van der Waals surface area contributed by atoms with Crippen molar-refractivity contribution in [1.82, 2.24) is 15.2 Å². The van der Waals surface area contributed by atoms with Gasteiger partial charge in [-0.2, -0.15) is 4.98 Å². The zero-order valence-corrected chi connectivity index (χ0v) is 32.9. The van der Waals surface area contributed by atoms with Crippen molar-refractivity contribution in [3.63, 3.8) is 0 Å². The van der Waals surface area contributed by atoms with Crippen LogP contribution >= 0.6 is 0 Å². The lowest BCUT2D eigenvalue weighted by atomic mass is 9.60. The molecular weight excluding hydrogens is 716 g/mol. The van der Waals surface area contributed by atoms with Crippen LogP contribution in [-0.2, 0) is 24.6 Å². The van der Waals surface area contributed by atoms with Crippen molar-refractivity contribution in [2.24, 2.45) is 10.8 Å². The molecule has 1 saturated carbocycles. The molecule has 9 heteroatoms. The second-order valence-electron chi connectivity index (χ2n) is 16.6. The molecule has 1 aromatic heterocycles. The molecule has 0 unspecified atom stereocenters. The standard InChI is InChI=1S/C48H53FN4O4/c1-47(35-52-25-23-48(24-26-52)30-40(31-48)50-46(54)57-34-38-15-9-4-10-16-38)21-27-53(28-22-47)43-19-17-39(29-42(43)49)41-18-20-44(55-32-36-11-5-2-6-12-36)51-45(41)56-33-37-13-7-3-8-14-37/h2-20,29,40H,21-28,30-35H2,1H3,(H,50,54). The summed E-state index contributed by atoms with van der Waals surface area (Å²) in [5.41, 5.74) is 5.64. The number of rotatable bonds is 13. The Balaban J connectivity index is 0.828. The fourth-order valence-electron chi connectivity index (χ4n) is 8.82. The van der Waals surface area contributed by atoms with Crippen LogP contribution in [0.4, 0.5) is 14.9 Å². The van der Waals surface area contributed by atoms with Crippen molar-refractivity contribution in [1.29, 1.82) is 0 Å². The summed E-state index contributed by atoms with van der Waals surface area (Å²) in [6.45, 7) is 8.30. The maximum atomic E-state index is 16.0. The van der Waals surface area contributed by atoms with Crippen LogP contribution in [0.5, 0.6) is 11.8 Å². The number of carbonyl (C=O) groups excluding carboxylic acids is 1. The number of carbonyl (C=O) groups is 1. The predicted molar refractivity (Wildman–Crippen MR) is 222 cm³/mol. The van der Waals surface area contributed by atoms with E-state index in [9.17, 15) is 4.79 Å². The number of halogens is 1. The first-order chi connectivity index (χ1) is 27.8. The van der Waals surface area contributed by atoms with Crippen LogP contribution in [0.25, 0.3) is 11.1 Å². The first-order valence-electron chi connectivity index (χ1n) is 20.4. The molecule has 296 valence electrons. The van der Waals surface area contributed by atoms with E-state index in [4.69, 9.17) is 19.2 Å². The van der Waals surface area contributed by atoms with E-state index >= 15 is 4.39 Å². The van der Waals surface area contributed by atoms with Crippen LogP contribution in [0.1, 0.15) is 62.1 Å². The van der Waals surface area contributed by atoms with Crippen molar-refractivity contribution >= 4 is 11.8 Å². The van der Waals surface area contributed by atoms with E-state index in [0.29, 0.717) is 53.8 Å². The molecule has 0 atom stereocenters. The fourth-order valence-corrected chi connectivity index (χ4v) is 8.82. The van der Waals surface area contributed by atoms with Gasteiger partial charge in [0.15, 0.2) is 0 Å². The molecule has 2 aliphatic heterocycles. The van der Waals surface area contributed by atoms with Gasteiger partial charge < -0.3 is 29.3 Å². The summed E-state index contributed by atoms with van der Waals surface area (Å²) >= 11 is 0. The minimum atomic E-state index is -0.322. The average Bonchev–Trinajstić information content (AvgIpc) is 3.23. The number of pyridine rings is 1. The Labute approximate surface area is 336 Å². The molecule has 1 spiro atoms. The number of amides is 1. The van der Waals surface area contributed by atoms with Gasteiger partial charge in [0.05, 0.1) is 5.69 Å². The van der Waals surface area contributed by atoms with Gasteiger partial charge >= 0.3 is 6.09 Å². The van der Waals surface area contributed by atoms with Gasteiger partial charge in [0.25, 0.3) is 0 Å². The van der Waals surface area contributed by atoms with Crippen molar-refractivity contribution in [3.05, 3.63) is 144 Å². The number of nitrogens with zero attached hydrogens (tertiary/aromatic N) is 3. The highest BCUT2D eigenvalue weighted by molar-refractivity contribution is 5.71. The number of ether oxygens (including phenoxy) is 3. The maximum Gasteiger partial charge on any atom is 0.407 e. The molecule has 3 heterocycles. The van der Waals surface area contributed by atoms with Crippen LogP contribution in [0, 0.1) is 16.6 Å². The van der Waals surface area contributed by atoms with Gasteiger partial charge in [0.2, 0.25) is 11.8 Å². The van der Waals surface area contributed by atoms with Gasteiger partial charge in [-0.15, -0.1) is 0 Å². The molecular formula is C48H53FN4O4. The smallest absolute Gasteiger partial charge is 0.407 e.